The molecular weight excluding hydrogens is 248 g/mol. The molecule has 19 heavy (non-hydrogen) atoms. The Balaban J connectivity index is 2.02. The van der Waals surface area contributed by atoms with Gasteiger partial charge in [0.25, 0.3) is 0 Å². The molecule has 0 radical (unpaired) electrons. The highest BCUT2D eigenvalue weighted by Crippen LogP contribution is 2.18. The predicted molar refractivity (Wildman–Crippen MR) is 72.1 cm³/mol. The van der Waals surface area contributed by atoms with Crippen LogP contribution in [0, 0.1) is 0 Å². The summed E-state index contributed by atoms with van der Waals surface area (Å²) in [5.74, 6) is 0. The maximum absolute atomic E-state index is 11.6. The third-order valence-electron chi connectivity index (χ3n) is 2.73. The summed E-state index contributed by atoms with van der Waals surface area (Å²) in [4.78, 5) is 13.1. The highest BCUT2D eigenvalue weighted by atomic mass is 16.5. The number of nitrogens with zero attached hydrogens (tertiary/aromatic N) is 1. The van der Waals surface area contributed by atoms with Crippen LogP contribution in [0.4, 0.5) is 4.79 Å². The average Bonchev–Trinajstić information content (AvgIpc) is 3.11. The van der Waals surface area contributed by atoms with Crippen LogP contribution < -0.4 is 5.32 Å². The number of aliphatic hydroxyl groups is 1. The second kappa shape index (κ2) is 8.35. The Morgan fingerprint density at radius 3 is 2.68 bits per heavy atom. The lowest BCUT2D eigenvalue weighted by molar-refractivity contribution is -0.0147. The molecule has 1 rings (SSSR count). The molecule has 1 saturated carbocycles. The smallest absolute Gasteiger partial charge is 0.317 e. The summed E-state index contributed by atoms with van der Waals surface area (Å²) in [6.45, 7) is 5.37. The molecule has 6 heteroatoms. The van der Waals surface area contributed by atoms with Gasteiger partial charge < -0.3 is 24.8 Å². The van der Waals surface area contributed by atoms with Crippen molar-refractivity contribution in [3.8, 4) is 0 Å². The van der Waals surface area contributed by atoms with E-state index in [1.165, 1.54) is 4.90 Å². The molecule has 0 aromatic carbocycles. The van der Waals surface area contributed by atoms with Crippen molar-refractivity contribution in [1.29, 1.82) is 0 Å². The molecule has 0 aliphatic heterocycles. The monoisotopic (exact) mass is 274 g/mol. The van der Waals surface area contributed by atoms with E-state index in [0.29, 0.717) is 19.3 Å². The fraction of sp³-hybridized carbons (Fsp3) is 0.923. The van der Waals surface area contributed by atoms with Gasteiger partial charge in [-0.2, -0.15) is 0 Å². The second-order valence-electron chi connectivity index (χ2n) is 5.25. The molecule has 2 amide bonds. The quantitative estimate of drug-likeness (QED) is 0.604. The summed E-state index contributed by atoms with van der Waals surface area (Å²) >= 11 is 0. The van der Waals surface area contributed by atoms with Crippen LogP contribution in [-0.4, -0.2) is 67.7 Å². The fourth-order valence-corrected chi connectivity index (χ4v) is 1.53. The molecule has 0 saturated heterocycles. The molecule has 0 aromatic rings. The van der Waals surface area contributed by atoms with Crippen LogP contribution in [-0.2, 0) is 9.47 Å². The first-order valence-electron chi connectivity index (χ1n) is 6.88. The summed E-state index contributed by atoms with van der Waals surface area (Å²) in [7, 11) is 1.67. The van der Waals surface area contributed by atoms with E-state index in [1.54, 1.807) is 7.05 Å². The summed E-state index contributed by atoms with van der Waals surface area (Å²) in [5, 5.41) is 12.6. The molecule has 0 bridgehead atoms. The maximum atomic E-state index is 11.6. The van der Waals surface area contributed by atoms with Gasteiger partial charge in [0.1, 0.15) is 0 Å². The maximum Gasteiger partial charge on any atom is 0.317 e. The number of amides is 2. The number of nitrogens with one attached hydrogen (secondary N) is 1. The van der Waals surface area contributed by atoms with Gasteiger partial charge in [0.15, 0.2) is 0 Å². The van der Waals surface area contributed by atoms with Gasteiger partial charge in [0, 0.05) is 13.1 Å². The van der Waals surface area contributed by atoms with Crippen LogP contribution in [0.1, 0.15) is 26.7 Å². The van der Waals surface area contributed by atoms with Crippen LogP contribution in [0.15, 0.2) is 0 Å². The van der Waals surface area contributed by atoms with Crippen molar-refractivity contribution in [2.75, 3.05) is 33.4 Å². The molecular formula is C13H26N2O4. The number of rotatable bonds is 9. The van der Waals surface area contributed by atoms with Crippen molar-refractivity contribution in [1.82, 2.24) is 10.2 Å². The molecule has 6 nitrogen and oxygen atoms in total. The van der Waals surface area contributed by atoms with Crippen molar-refractivity contribution in [2.45, 2.75) is 44.9 Å². The van der Waals surface area contributed by atoms with Gasteiger partial charge in [0.05, 0.1) is 38.6 Å². The summed E-state index contributed by atoms with van der Waals surface area (Å²) in [6, 6.07) is 0.196. The van der Waals surface area contributed by atoms with E-state index in [9.17, 15) is 9.90 Å². The Labute approximate surface area is 115 Å². The minimum absolute atomic E-state index is 0.135. The number of carbonyl (C=O) groups excluding carboxylic acids is 1. The molecule has 112 valence electrons. The minimum atomic E-state index is -0.672. The molecule has 1 aliphatic carbocycles. The topological polar surface area (TPSA) is 71.0 Å². The average molecular weight is 274 g/mol. The fourth-order valence-electron chi connectivity index (χ4n) is 1.53. The molecule has 2 N–H and O–H groups in total. The van der Waals surface area contributed by atoms with Crippen LogP contribution in [0.2, 0.25) is 0 Å². The lowest BCUT2D eigenvalue weighted by atomic mass is 10.3. The first-order chi connectivity index (χ1) is 8.99. The second-order valence-corrected chi connectivity index (χ2v) is 5.25. The van der Waals surface area contributed by atoms with E-state index in [4.69, 9.17) is 9.47 Å². The molecule has 1 unspecified atom stereocenters. The number of hydrogen-bond acceptors (Lipinski definition) is 4. The molecule has 0 heterocycles. The molecule has 1 atom stereocenters. The zero-order valence-corrected chi connectivity index (χ0v) is 12.1. The van der Waals surface area contributed by atoms with Crippen LogP contribution in [0.5, 0.6) is 0 Å². The number of hydrogen-bond donors (Lipinski definition) is 2. The van der Waals surface area contributed by atoms with Crippen molar-refractivity contribution >= 4 is 6.03 Å². The van der Waals surface area contributed by atoms with Gasteiger partial charge in [0.2, 0.25) is 0 Å². The molecule has 0 spiro atoms. The third kappa shape index (κ3) is 8.02. The summed E-state index contributed by atoms with van der Waals surface area (Å²) in [5.41, 5.74) is 0. The molecule has 1 aliphatic rings. The highest BCUT2D eigenvalue weighted by molar-refractivity contribution is 5.74. The number of ether oxygens (including phenoxy) is 2. The summed E-state index contributed by atoms with van der Waals surface area (Å²) < 4.78 is 10.6. The van der Waals surface area contributed by atoms with Gasteiger partial charge in [-0.05, 0) is 26.7 Å². The van der Waals surface area contributed by atoms with E-state index >= 15 is 0 Å². The zero-order chi connectivity index (χ0) is 14.3. The van der Waals surface area contributed by atoms with E-state index in [1.807, 2.05) is 13.8 Å². The number of urea groups is 1. The minimum Gasteiger partial charge on any atom is -0.389 e. The normalized spacial score (nSPS) is 16.5. The molecule has 1 fully saturated rings. The van der Waals surface area contributed by atoms with Crippen LogP contribution in [0.3, 0.4) is 0 Å². The lowest BCUT2D eigenvalue weighted by Crippen LogP contribution is -2.43. The van der Waals surface area contributed by atoms with Crippen LogP contribution >= 0.6 is 0 Å². The van der Waals surface area contributed by atoms with Crippen molar-refractivity contribution in [3.05, 3.63) is 0 Å². The first-order valence-corrected chi connectivity index (χ1v) is 6.88. The number of aliphatic hydroxyl groups excluding tert-OH is 1. The lowest BCUT2D eigenvalue weighted by Gasteiger charge is -2.21. The Hall–Kier alpha value is -0.850. The predicted octanol–water partition coefficient (Wildman–Crippen LogP) is 0.593. The zero-order valence-electron chi connectivity index (χ0n) is 12.1. The molecule has 0 aromatic heterocycles. The van der Waals surface area contributed by atoms with E-state index in [-0.39, 0.29) is 25.3 Å². The Morgan fingerprint density at radius 2 is 2.11 bits per heavy atom. The van der Waals surface area contributed by atoms with Gasteiger partial charge in [-0.25, -0.2) is 4.79 Å². The van der Waals surface area contributed by atoms with Crippen molar-refractivity contribution in [2.24, 2.45) is 0 Å². The number of likely N-dealkylation sites (N-methyl/N-ethyl adjacent to an activating group) is 1. The largest absolute Gasteiger partial charge is 0.389 e. The summed E-state index contributed by atoms with van der Waals surface area (Å²) in [6.07, 6.45) is 1.63. The SMILES string of the molecule is CC(C)OCCOCC(O)CN(C)C(=O)NC1CC1. The van der Waals surface area contributed by atoms with Gasteiger partial charge in [-0.15, -0.1) is 0 Å². The standard InChI is InChI=1S/C13H26N2O4/c1-10(2)19-7-6-18-9-12(16)8-15(3)13(17)14-11-4-5-11/h10-12,16H,4-9H2,1-3H3,(H,14,17). The van der Waals surface area contributed by atoms with Gasteiger partial charge >= 0.3 is 6.03 Å². The van der Waals surface area contributed by atoms with Crippen molar-refractivity contribution < 1.29 is 19.4 Å². The van der Waals surface area contributed by atoms with Gasteiger partial charge in [-0.3, -0.25) is 0 Å². The highest BCUT2D eigenvalue weighted by Gasteiger charge is 2.25. The Kier molecular flexibility index (Phi) is 7.12. The van der Waals surface area contributed by atoms with E-state index in [0.717, 1.165) is 12.8 Å². The Bertz CT molecular complexity index is 269. The van der Waals surface area contributed by atoms with E-state index < -0.39 is 6.10 Å². The van der Waals surface area contributed by atoms with E-state index in [2.05, 4.69) is 5.32 Å². The van der Waals surface area contributed by atoms with Gasteiger partial charge in [-0.1, -0.05) is 0 Å². The Morgan fingerprint density at radius 1 is 1.42 bits per heavy atom. The first kappa shape index (κ1) is 16.2. The van der Waals surface area contributed by atoms with Crippen LogP contribution in [0.25, 0.3) is 0 Å². The number of carbonyl (C=O) groups is 1. The van der Waals surface area contributed by atoms with Crippen molar-refractivity contribution in [3.63, 3.8) is 0 Å². The third-order valence-corrected chi connectivity index (χ3v) is 2.73.